The highest BCUT2D eigenvalue weighted by Crippen LogP contribution is 2.08. The summed E-state index contributed by atoms with van der Waals surface area (Å²) in [7, 11) is 1.82. The minimum Gasteiger partial charge on any atom is -0.481 e. The smallest absolute Gasteiger partial charge is 0.303 e. The molecule has 0 amide bonds. The molecule has 0 heterocycles. The number of carbonyl (C=O) groups is 1. The summed E-state index contributed by atoms with van der Waals surface area (Å²) < 4.78 is 0. The van der Waals surface area contributed by atoms with E-state index in [0.717, 1.165) is 19.3 Å². The van der Waals surface area contributed by atoms with E-state index >= 15 is 0 Å². The summed E-state index contributed by atoms with van der Waals surface area (Å²) >= 11 is 0. The molecule has 0 bridgehead atoms. The Morgan fingerprint density at radius 3 is 2.50 bits per heavy atom. The van der Waals surface area contributed by atoms with Crippen LogP contribution in [0.1, 0.15) is 39.0 Å². The maximum absolute atomic E-state index is 10.2. The van der Waals surface area contributed by atoms with Crippen molar-refractivity contribution < 1.29 is 15.0 Å². The number of carboxylic acid groups (broad SMARTS) is 1. The largest absolute Gasteiger partial charge is 0.481 e. The van der Waals surface area contributed by atoms with Crippen molar-refractivity contribution in [1.82, 2.24) is 5.32 Å². The molecule has 0 saturated carbocycles. The van der Waals surface area contributed by atoms with Crippen molar-refractivity contribution >= 4 is 5.97 Å². The number of hydrogen-bond donors (Lipinski definition) is 3. The first-order valence-electron chi connectivity index (χ1n) is 5.15. The second-order valence-corrected chi connectivity index (χ2v) is 3.64. The lowest BCUT2D eigenvalue weighted by Gasteiger charge is -2.17. The van der Waals surface area contributed by atoms with E-state index in [1.807, 2.05) is 14.0 Å². The number of aliphatic carboxylic acids is 1. The molecule has 0 aliphatic rings. The number of rotatable bonds is 8. The molecule has 3 N–H and O–H groups in total. The van der Waals surface area contributed by atoms with E-state index in [0.29, 0.717) is 6.42 Å². The zero-order valence-electron chi connectivity index (χ0n) is 8.99. The van der Waals surface area contributed by atoms with Crippen LogP contribution in [0.4, 0.5) is 0 Å². The summed E-state index contributed by atoms with van der Waals surface area (Å²) in [5.74, 6) is -0.742. The quantitative estimate of drug-likeness (QED) is 0.514. The van der Waals surface area contributed by atoms with Crippen molar-refractivity contribution in [2.24, 2.45) is 0 Å². The topological polar surface area (TPSA) is 69.6 Å². The Morgan fingerprint density at radius 1 is 1.36 bits per heavy atom. The van der Waals surface area contributed by atoms with Gasteiger partial charge in [0.2, 0.25) is 0 Å². The average molecular weight is 203 g/mol. The van der Waals surface area contributed by atoms with Gasteiger partial charge in [-0.05, 0) is 26.8 Å². The zero-order chi connectivity index (χ0) is 11.0. The fraction of sp³-hybridized carbons (Fsp3) is 0.900. The predicted molar refractivity (Wildman–Crippen MR) is 55.2 cm³/mol. The number of nitrogens with one attached hydrogen (secondary N) is 1. The van der Waals surface area contributed by atoms with Gasteiger partial charge in [-0.1, -0.05) is 12.8 Å². The highest BCUT2D eigenvalue weighted by molar-refractivity contribution is 5.66. The molecule has 84 valence electrons. The van der Waals surface area contributed by atoms with Crippen LogP contribution in [-0.2, 0) is 4.79 Å². The zero-order valence-corrected chi connectivity index (χ0v) is 8.99. The molecule has 0 aliphatic carbocycles. The van der Waals surface area contributed by atoms with Crippen LogP contribution < -0.4 is 5.32 Å². The third-order valence-corrected chi connectivity index (χ3v) is 2.42. The highest BCUT2D eigenvalue weighted by Gasteiger charge is 2.10. The summed E-state index contributed by atoms with van der Waals surface area (Å²) in [5, 5.41) is 20.9. The van der Waals surface area contributed by atoms with Crippen molar-refractivity contribution in [2.45, 2.75) is 51.2 Å². The van der Waals surface area contributed by atoms with Gasteiger partial charge in [-0.3, -0.25) is 4.79 Å². The second kappa shape index (κ2) is 7.76. The van der Waals surface area contributed by atoms with Crippen LogP contribution in [0, 0.1) is 0 Å². The Bertz CT molecular complexity index is 161. The molecule has 14 heavy (non-hydrogen) atoms. The molecule has 4 nitrogen and oxygen atoms in total. The second-order valence-electron chi connectivity index (χ2n) is 3.64. The standard InChI is InChI=1S/C10H21NO3/c1-8(11-2)9(12)6-4-3-5-7-10(13)14/h8-9,11-12H,3-7H2,1-2H3,(H,13,14). The normalized spacial score (nSPS) is 15.1. The molecule has 2 unspecified atom stereocenters. The molecule has 0 aromatic heterocycles. The van der Waals surface area contributed by atoms with E-state index in [2.05, 4.69) is 5.32 Å². The summed E-state index contributed by atoms with van der Waals surface area (Å²) in [5.41, 5.74) is 0. The van der Waals surface area contributed by atoms with Gasteiger partial charge in [0.1, 0.15) is 0 Å². The molecule has 0 saturated heterocycles. The van der Waals surface area contributed by atoms with E-state index in [1.165, 1.54) is 0 Å². The number of aliphatic hydroxyl groups excluding tert-OH is 1. The molecule has 0 aromatic rings. The SMILES string of the molecule is CNC(C)C(O)CCCCCC(=O)O. The van der Waals surface area contributed by atoms with Gasteiger partial charge < -0.3 is 15.5 Å². The monoisotopic (exact) mass is 203 g/mol. The van der Waals surface area contributed by atoms with Gasteiger partial charge >= 0.3 is 5.97 Å². The summed E-state index contributed by atoms with van der Waals surface area (Å²) in [6, 6.07) is 0.106. The third-order valence-electron chi connectivity index (χ3n) is 2.42. The van der Waals surface area contributed by atoms with Crippen LogP contribution in [0.25, 0.3) is 0 Å². The summed E-state index contributed by atoms with van der Waals surface area (Å²) in [4.78, 5) is 10.2. The Kier molecular flexibility index (Phi) is 7.42. The number of carboxylic acids is 1. The average Bonchev–Trinajstić information content (AvgIpc) is 2.15. The molecule has 0 radical (unpaired) electrons. The molecule has 0 fully saturated rings. The molecule has 0 aliphatic heterocycles. The van der Waals surface area contributed by atoms with Gasteiger partial charge in [0.15, 0.2) is 0 Å². The van der Waals surface area contributed by atoms with Crippen molar-refractivity contribution in [3.05, 3.63) is 0 Å². The van der Waals surface area contributed by atoms with Gasteiger partial charge in [0.05, 0.1) is 6.10 Å². The van der Waals surface area contributed by atoms with Crippen LogP contribution in [-0.4, -0.2) is 35.4 Å². The van der Waals surface area contributed by atoms with E-state index < -0.39 is 5.97 Å². The van der Waals surface area contributed by atoms with E-state index in [-0.39, 0.29) is 18.6 Å². The van der Waals surface area contributed by atoms with Crippen molar-refractivity contribution in [2.75, 3.05) is 7.05 Å². The Labute approximate surface area is 85.3 Å². The van der Waals surface area contributed by atoms with Crippen LogP contribution >= 0.6 is 0 Å². The Balaban J connectivity index is 3.31. The van der Waals surface area contributed by atoms with Crippen LogP contribution in [0.5, 0.6) is 0 Å². The molecule has 2 atom stereocenters. The van der Waals surface area contributed by atoms with Gasteiger partial charge in [-0.15, -0.1) is 0 Å². The predicted octanol–water partition coefficient (Wildman–Crippen LogP) is 0.990. The minimum absolute atomic E-state index is 0.106. The fourth-order valence-electron chi connectivity index (χ4n) is 1.25. The molecule has 0 aromatic carbocycles. The van der Waals surface area contributed by atoms with Crippen molar-refractivity contribution in [1.29, 1.82) is 0 Å². The van der Waals surface area contributed by atoms with E-state index in [1.54, 1.807) is 0 Å². The molecule has 0 spiro atoms. The lowest BCUT2D eigenvalue weighted by Crippen LogP contribution is -2.34. The van der Waals surface area contributed by atoms with Gasteiger partial charge in [0.25, 0.3) is 0 Å². The van der Waals surface area contributed by atoms with Gasteiger partial charge in [-0.2, -0.15) is 0 Å². The van der Waals surface area contributed by atoms with Gasteiger partial charge in [0, 0.05) is 12.5 Å². The fourth-order valence-corrected chi connectivity index (χ4v) is 1.25. The van der Waals surface area contributed by atoms with Crippen LogP contribution in [0.3, 0.4) is 0 Å². The van der Waals surface area contributed by atoms with Crippen LogP contribution in [0.2, 0.25) is 0 Å². The van der Waals surface area contributed by atoms with Crippen molar-refractivity contribution in [3.8, 4) is 0 Å². The number of unbranched alkanes of at least 4 members (excludes halogenated alkanes) is 2. The maximum Gasteiger partial charge on any atom is 0.303 e. The third kappa shape index (κ3) is 6.86. The first-order chi connectivity index (χ1) is 6.57. The summed E-state index contributed by atoms with van der Waals surface area (Å²) in [6.45, 7) is 1.93. The van der Waals surface area contributed by atoms with Crippen LogP contribution in [0.15, 0.2) is 0 Å². The Hall–Kier alpha value is -0.610. The highest BCUT2D eigenvalue weighted by atomic mass is 16.4. The Morgan fingerprint density at radius 2 is 2.00 bits per heavy atom. The molecular weight excluding hydrogens is 182 g/mol. The van der Waals surface area contributed by atoms with Gasteiger partial charge in [-0.25, -0.2) is 0 Å². The first-order valence-corrected chi connectivity index (χ1v) is 5.15. The summed E-state index contributed by atoms with van der Waals surface area (Å²) in [6.07, 6.45) is 3.11. The number of aliphatic hydroxyl groups is 1. The van der Waals surface area contributed by atoms with Crippen molar-refractivity contribution in [3.63, 3.8) is 0 Å². The molecule has 4 heteroatoms. The van der Waals surface area contributed by atoms with E-state index in [4.69, 9.17) is 5.11 Å². The molecule has 0 rings (SSSR count). The minimum atomic E-state index is -0.742. The lowest BCUT2D eigenvalue weighted by molar-refractivity contribution is -0.137. The van der Waals surface area contributed by atoms with E-state index in [9.17, 15) is 9.90 Å². The maximum atomic E-state index is 10.2. The first kappa shape index (κ1) is 13.4. The number of likely N-dealkylation sites (N-methyl/N-ethyl adjacent to an activating group) is 1. The number of hydrogen-bond acceptors (Lipinski definition) is 3. The lowest BCUT2D eigenvalue weighted by atomic mass is 10.0. The molecular formula is C10H21NO3.